The lowest BCUT2D eigenvalue weighted by atomic mass is 10.0. The van der Waals surface area contributed by atoms with Crippen LogP contribution in [0.4, 0.5) is 0 Å². The first-order valence-corrected chi connectivity index (χ1v) is 6.46. The monoisotopic (exact) mass is 309 g/mol. The molecule has 0 bridgehead atoms. The fraction of sp³-hybridized carbons (Fsp3) is 0.667. The fourth-order valence-electron chi connectivity index (χ4n) is 1.88. The van der Waals surface area contributed by atoms with Gasteiger partial charge in [-0.25, -0.2) is 4.98 Å². The quantitative estimate of drug-likeness (QED) is 0.852. The smallest absolute Gasteiger partial charge is 0.122 e. The first-order chi connectivity index (χ1) is 6.27. The number of aliphatic hydroxyl groups is 1. The highest BCUT2D eigenvalue weighted by Crippen LogP contribution is 2.36. The predicted molar refractivity (Wildman–Crippen MR) is 61.7 cm³/mol. The van der Waals surface area contributed by atoms with Gasteiger partial charge in [0.05, 0.1) is 9.08 Å². The molecule has 1 atom stereocenters. The van der Waals surface area contributed by atoms with Crippen molar-refractivity contribution in [2.75, 3.05) is 0 Å². The van der Waals surface area contributed by atoms with Gasteiger partial charge in [0.25, 0.3) is 0 Å². The van der Waals surface area contributed by atoms with Gasteiger partial charge in [0.2, 0.25) is 0 Å². The topological polar surface area (TPSA) is 33.1 Å². The minimum atomic E-state index is -0.309. The first-order valence-electron chi connectivity index (χ1n) is 4.56. The van der Waals surface area contributed by atoms with Gasteiger partial charge in [-0.15, -0.1) is 11.3 Å². The molecule has 1 aliphatic rings. The highest BCUT2D eigenvalue weighted by Gasteiger charge is 2.26. The van der Waals surface area contributed by atoms with Gasteiger partial charge in [-0.05, 0) is 41.4 Å². The van der Waals surface area contributed by atoms with Crippen LogP contribution >= 0.6 is 33.9 Å². The normalized spacial score (nSPS) is 20.8. The lowest BCUT2D eigenvalue weighted by molar-refractivity contribution is 0.111. The standard InChI is InChI=1S/C9H12INOS/c10-7-5-11-9(13-7)8(12)6-3-1-2-4-6/h5-6,8,12H,1-4H2. The maximum Gasteiger partial charge on any atom is 0.122 e. The second-order valence-electron chi connectivity index (χ2n) is 3.49. The molecule has 0 spiro atoms. The molecule has 1 fully saturated rings. The number of hydrogen-bond donors (Lipinski definition) is 1. The summed E-state index contributed by atoms with van der Waals surface area (Å²) in [7, 11) is 0. The second-order valence-corrected chi connectivity index (χ2v) is 6.45. The molecule has 1 unspecified atom stereocenters. The molecule has 72 valence electrons. The Balaban J connectivity index is 2.07. The zero-order valence-corrected chi connectivity index (χ0v) is 10.2. The highest BCUT2D eigenvalue weighted by molar-refractivity contribution is 14.1. The number of rotatable bonds is 2. The van der Waals surface area contributed by atoms with Crippen LogP contribution in [0.3, 0.4) is 0 Å². The zero-order chi connectivity index (χ0) is 9.26. The van der Waals surface area contributed by atoms with Gasteiger partial charge in [-0.1, -0.05) is 12.8 Å². The molecule has 0 radical (unpaired) electrons. The zero-order valence-electron chi connectivity index (χ0n) is 7.24. The van der Waals surface area contributed by atoms with Crippen molar-refractivity contribution in [3.63, 3.8) is 0 Å². The molecule has 0 amide bonds. The van der Waals surface area contributed by atoms with Crippen molar-refractivity contribution in [1.29, 1.82) is 0 Å². The average molecular weight is 309 g/mol. The van der Waals surface area contributed by atoms with E-state index in [0.717, 1.165) is 20.7 Å². The lowest BCUT2D eigenvalue weighted by Gasteiger charge is -2.14. The van der Waals surface area contributed by atoms with Crippen LogP contribution in [0.1, 0.15) is 36.8 Å². The van der Waals surface area contributed by atoms with Gasteiger partial charge in [0, 0.05) is 0 Å². The van der Waals surface area contributed by atoms with Crippen LogP contribution in [0.2, 0.25) is 0 Å². The summed E-state index contributed by atoms with van der Waals surface area (Å²) in [5.74, 6) is 0.460. The maximum absolute atomic E-state index is 9.98. The molecule has 2 rings (SSSR count). The van der Waals surface area contributed by atoms with E-state index >= 15 is 0 Å². The summed E-state index contributed by atoms with van der Waals surface area (Å²) >= 11 is 3.85. The molecule has 13 heavy (non-hydrogen) atoms. The Kier molecular flexibility index (Phi) is 3.21. The molecule has 0 saturated heterocycles. The van der Waals surface area contributed by atoms with Crippen LogP contribution in [-0.2, 0) is 0 Å². The number of aromatic nitrogens is 1. The molecule has 1 saturated carbocycles. The SMILES string of the molecule is OC(c1ncc(I)s1)C1CCCC1. The van der Waals surface area contributed by atoms with Crippen molar-refractivity contribution in [1.82, 2.24) is 4.98 Å². The van der Waals surface area contributed by atoms with E-state index in [0.29, 0.717) is 5.92 Å². The van der Waals surface area contributed by atoms with Crippen LogP contribution in [0.25, 0.3) is 0 Å². The Morgan fingerprint density at radius 2 is 2.23 bits per heavy atom. The second kappa shape index (κ2) is 4.23. The van der Waals surface area contributed by atoms with E-state index in [1.165, 1.54) is 12.8 Å². The van der Waals surface area contributed by atoms with Crippen molar-refractivity contribution < 1.29 is 5.11 Å². The third-order valence-corrected chi connectivity index (χ3v) is 4.39. The summed E-state index contributed by atoms with van der Waals surface area (Å²) in [6.45, 7) is 0. The van der Waals surface area contributed by atoms with E-state index in [-0.39, 0.29) is 6.10 Å². The largest absolute Gasteiger partial charge is 0.386 e. The number of aliphatic hydroxyl groups excluding tert-OH is 1. The van der Waals surface area contributed by atoms with E-state index in [1.807, 2.05) is 6.20 Å². The third-order valence-electron chi connectivity index (χ3n) is 2.59. The van der Waals surface area contributed by atoms with Crippen LogP contribution in [0.5, 0.6) is 0 Å². The molecule has 1 aromatic rings. The lowest BCUT2D eigenvalue weighted by Crippen LogP contribution is -2.08. The van der Waals surface area contributed by atoms with Crippen LogP contribution in [-0.4, -0.2) is 10.1 Å². The molecular weight excluding hydrogens is 297 g/mol. The highest BCUT2D eigenvalue weighted by atomic mass is 127. The molecular formula is C9H12INOS. The minimum absolute atomic E-state index is 0.309. The fourth-order valence-corrected chi connectivity index (χ4v) is 3.42. The summed E-state index contributed by atoms with van der Waals surface area (Å²) in [5.41, 5.74) is 0. The van der Waals surface area contributed by atoms with E-state index < -0.39 is 0 Å². The van der Waals surface area contributed by atoms with Gasteiger partial charge >= 0.3 is 0 Å². The summed E-state index contributed by atoms with van der Waals surface area (Å²) in [6, 6.07) is 0. The molecule has 0 aromatic carbocycles. The molecule has 4 heteroatoms. The summed E-state index contributed by atoms with van der Waals surface area (Å²) < 4.78 is 1.16. The van der Waals surface area contributed by atoms with Gasteiger partial charge in [-0.3, -0.25) is 0 Å². The van der Waals surface area contributed by atoms with Crippen molar-refractivity contribution in [3.8, 4) is 0 Å². The Bertz CT molecular complexity index is 283. The summed E-state index contributed by atoms with van der Waals surface area (Å²) in [4.78, 5) is 4.22. The van der Waals surface area contributed by atoms with Crippen LogP contribution < -0.4 is 0 Å². The average Bonchev–Trinajstić information content (AvgIpc) is 2.72. The maximum atomic E-state index is 9.98. The van der Waals surface area contributed by atoms with Crippen molar-refractivity contribution >= 4 is 33.9 Å². The van der Waals surface area contributed by atoms with E-state index in [4.69, 9.17) is 0 Å². The Morgan fingerprint density at radius 1 is 1.54 bits per heavy atom. The first kappa shape index (κ1) is 9.86. The van der Waals surface area contributed by atoms with Crippen LogP contribution in [0.15, 0.2) is 6.20 Å². The van der Waals surface area contributed by atoms with Crippen molar-refractivity contribution in [3.05, 3.63) is 14.1 Å². The molecule has 1 N–H and O–H groups in total. The molecule has 0 aliphatic heterocycles. The molecule has 1 aliphatic carbocycles. The van der Waals surface area contributed by atoms with Crippen molar-refractivity contribution in [2.45, 2.75) is 31.8 Å². The van der Waals surface area contributed by atoms with Gasteiger partial charge in [-0.2, -0.15) is 0 Å². The van der Waals surface area contributed by atoms with E-state index in [2.05, 4.69) is 27.6 Å². The van der Waals surface area contributed by atoms with Gasteiger partial charge < -0.3 is 5.11 Å². The summed E-state index contributed by atoms with van der Waals surface area (Å²) in [5, 5.41) is 10.9. The third kappa shape index (κ3) is 2.22. The number of halogens is 1. The summed E-state index contributed by atoms with van der Waals surface area (Å²) in [6.07, 6.45) is 6.39. The predicted octanol–water partition coefficient (Wildman–Crippen LogP) is 2.97. The van der Waals surface area contributed by atoms with Crippen LogP contribution in [0, 0.1) is 8.80 Å². The van der Waals surface area contributed by atoms with E-state index in [1.54, 1.807) is 11.3 Å². The van der Waals surface area contributed by atoms with Gasteiger partial charge in [0.1, 0.15) is 11.1 Å². The Labute approximate surface area is 95.5 Å². The van der Waals surface area contributed by atoms with E-state index in [9.17, 15) is 5.11 Å². The van der Waals surface area contributed by atoms with Gasteiger partial charge in [0.15, 0.2) is 0 Å². The molecule has 2 nitrogen and oxygen atoms in total. The number of thiazole rings is 1. The molecule has 1 aromatic heterocycles. The number of hydrogen-bond acceptors (Lipinski definition) is 3. The molecule has 1 heterocycles. The Hall–Kier alpha value is 0.320. The van der Waals surface area contributed by atoms with Crippen molar-refractivity contribution in [2.24, 2.45) is 5.92 Å². The minimum Gasteiger partial charge on any atom is -0.386 e. The number of nitrogens with zero attached hydrogens (tertiary/aromatic N) is 1. The Morgan fingerprint density at radius 3 is 2.77 bits per heavy atom.